The maximum Gasteiger partial charge on any atom is 0.313 e. The van der Waals surface area contributed by atoms with E-state index in [0.29, 0.717) is 12.2 Å². The number of carbonyl (C=O) groups is 2. The van der Waals surface area contributed by atoms with Gasteiger partial charge in [-0.15, -0.1) is 11.8 Å². The molecule has 2 N–H and O–H groups in total. The highest BCUT2D eigenvalue weighted by molar-refractivity contribution is 8.23. The van der Waals surface area contributed by atoms with E-state index in [2.05, 4.69) is 0 Å². The van der Waals surface area contributed by atoms with Crippen molar-refractivity contribution in [3.05, 3.63) is 65.7 Å². The van der Waals surface area contributed by atoms with Crippen molar-refractivity contribution in [1.29, 1.82) is 0 Å². The molecule has 0 aromatic heterocycles. The van der Waals surface area contributed by atoms with E-state index in [-0.39, 0.29) is 18.1 Å². The van der Waals surface area contributed by atoms with E-state index in [1.165, 1.54) is 11.8 Å². The molecule has 2 atom stereocenters. The quantitative estimate of drug-likeness (QED) is 0.227. The minimum atomic E-state index is -1.38. The normalized spacial score (nSPS) is 17.5. The highest BCUT2D eigenvalue weighted by Gasteiger charge is 2.55. The second kappa shape index (κ2) is 12.0. The molecule has 0 saturated heterocycles. The molecular weight excluding hydrogens is 504 g/mol. The predicted octanol–water partition coefficient (Wildman–Crippen LogP) is 7.36. The van der Waals surface area contributed by atoms with Gasteiger partial charge < -0.3 is 14.9 Å². The van der Waals surface area contributed by atoms with E-state index >= 15 is 0 Å². The molecule has 0 aliphatic heterocycles. The Morgan fingerprint density at radius 2 is 1.65 bits per heavy atom. The van der Waals surface area contributed by atoms with E-state index in [9.17, 15) is 19.8 Å². The van der Waals surface area contributed by atoms with Gasteiger partial charge in [0, 0.05) is 5.75 Å². The zero-order chi connectivity index (χ0) is 27.3. The number of carboxylic acid groups (broad SMARTS) is 1. The number of aromatic hydroxyl groups is 1. The molecule has 200 valence electrons. The fraction of sp³-hybridized carbons (Fsp3) is 0.500. The topological polar surface area (TPSA) is 83.8 Å². The van der Waals surface area contributed by atoms with Gasteiger partial charge in [0.1, 0.15) is 11.4 Å². The van der Waals surface area contributed by atoms with Gasteiger partial charge in [0.15, 0.2) is 0 Å². The molecule has 1 saturated carbocycles. The molecule has 3 rings (SSSR count). The van der Waals surface area contributed by atoms with Crippen LogP contribution in [0.2, 0.25) is 0 Å². The summed E-state index contributed by atoms with van der Waals surface area (Å²) in [6.07, 6.45) is 4.60. The van der Waals surface area contributed by atoms with Crippen LogP contribution in [0.25, 0.3) is 0 Å². The van der Waals surface area contributed by atoms with Gasteiger partial charge in [0.25, 0.3) is 0 Å². The highest BCUT2D eigenvalue weighted by atomic mass is 32.2. The first-order valence-electron chi connectivity index (χ1n) is 12.9. The Bertz CT molecular complexity index is 1090. The summed E-state index contributed by atoms with van der Waals surface area (Å²) < 4.78 is 6.96. The van der Waals surface area contributed by atoms with Crippen molar-refractivity contribution >= 4 is 40.1 Å². The number of hydrogen-bond acceptors (Lipinski definition) is 6. The maximum absolute atomic E-state index is 14.0. The molecular formula is C30H38O5S2. The van der Waals surface area contributed by atoms with Crippen LogP contribution in [0, 0.1) is 10.8 Å². The van der Waals surface area contributed by atoms with Crippen LogP contribution in [-0.4, -0.2) is 37.7 Å². The zero-order valence-corrected chi connectivity index (χ0v) is 23.8. The summed E-state index contributed by atoms with van der Waals surface area (Å²) in [5.41, 5.74) is -1.35. The standard InChI is InChI=1S/C30H38O5S2/c1-5-30(17-9-10-18-30)35-27(34)29(4,28(2,3)26(32)33)19-23(21-13-15-24(31)16-14-21)20-37-25(36)22-11-7-6-8-12-22/h6-8,11-16,23,31H,5,9-10,17-20H2,1-4H3,(H,32,33). The van der Waals surface area contributed by atoms with Gasteiger partial charge in [-0.05, 0) is 88.5 Å². The van der Waals surface area contributed by atoms with Crippen LogP contribution >= 0.6 is 24.0 Å². The number of aliphatic carboxylic acids is 1. The van der Waals surface area contributed by atoms with Crippen LogP contribution < -0.4 is 0 Å². The third kappa shape index (κ3) is 6.55. The molecule has 2 aromatic carbocycles. The van der Waals surface area contributed by atoms with Gasteiger partial charge in [-0.3, -0.25) is 9.59 Å². The third-order valence-corrected chi connectivity index (χ3v) is 9.93. The summed E-state index contributed by atoms with van der Waals surface area (Å²) in [6, 6.07) is 16.6. The first kappa shape index (κ1) is 29.2. The summed E-state index contributed by atoms with van der Waals surface area (Å²) in [5, 5.41) is 20.1. The molecule has 0 radical (unpaired) electrons. The lowest BCUT2D eigenvalue weighted by molar-refractivity contribution is -0.187. The van der Waals surface area contributed by atoms with Gasteiger partial charge in [-0.2, -0.15) is 0 Å². The minimum Gasteiger partial charge on any atom is -0.508 e. The molecule has 1 aliphatic rings. The summed E-state index contributed by atoms with van der Waals surface area (Å²) in [7, 11) is 0. The summed E-state index contributed by atoms with van der Waals surface area (Å²) >= 11 is 7.19. The zero-order valence-electron chi connectivity index (χ0n) is 22.2. The van der Waals surface area contributed by atoms with Crippen LogP contribution in [0.15, 0.2) is 54.6 Å². The number of rotatable bonds is 11. The van der Waals surface area contributed by atoms with Crippen LogP contribution in [0.4, 0.5) is 0 Å². The predicted molar refractivity (Wildman–Crippen MR) is 153 cm³/mol. The van der Waals surface area contributed by atoms with Crippen LogP contribution in [0.5, 0.6) is 5.75 Å². The lowest BCUT2D eigenvalue weighted by Crippen LogP contribution is -2.51. The Balaban J connectivity index is 1.96. The van der Waals surface area contributed by atoms with Crippen molar-refractivity contribution in [2.75, 3.05) is 5.75 Å². The van der Waals surface area contributed by atoms with E-state index in [0.717, 1.165) is 41.0 Å². The van der Waals surface area contributed by atoms with Crippen molar-refractivity contribution in [3.8, 4) is 5.75 Å². The van der Waals surface area contributed by atoms with E-state index < -0.39 is 28.4 Å². The van der Waals surface area contributed by atoms with Crippen LogP contribution in [0.3, 0.4) is 0 Å². The van der Waals surface area contributed by atoms with Gasteiger partial charge in [-0.1, -0.05) is 61.6 Å². The first-order valence-corrected chi connectivity index (χ1v) is 14.3. The Morgan fingerprint density at radius 3 is 2.19 bits per heavy atom. The Morgan fingerprint density at radius 1 is 1.05 bits per heavy atom. The molecule has 0 spiro atoms. The van der Waals surface area contributed by atoms with E-state index in [1.807, 2.05) is 49.4 Å². The van der Waals surface area contributed by atoms with Gasteiger partial charge >= 0.3 is 11.9 Å². The molecule has 0 heterocycles. The summed E-state index contributed by atoms with van der Waals surface area (Å²) in [6.45, 7) is 6.98. The summed E-state index contributed by atoms with van der Waals surface area (Å²) in [5.74, 6) is -1.00. The Kier molecular flexibility index (Phi) is 9.46. The minimum absolute atomic E-state index is 0.147. The van der Waals surface area contributed by atoms with E-state index in [1.54, 1.807) is 32.9 Å². The monoisotopic (exact) mass is 542 g/mol. The largest absolute Gasteiger partial charge is 0.508 e. The van der Waals surface area contributed by atoms with Crippen molar-refractivity contribution < 1.29 is 24.5 Å². The first-order chi connectivity index (χ1) is 17.4. The van der Waals surface area contributed by atoms with Crippen LogP contribution in [0.1, 0.15) is 83.3 Å². The average Bonchev–Trinajstić information content (AvgIpc) is 3.35. The van der Waals surface area contributed by atoms with Crippen molar-refractivity contribution in [2.45, 2.75) is 77.7 Å². The molecule has 1 fully saturated rings. The molecule has 37 heavy (non-hydrogen) atoms. The van der Waals surface area contributed by atoms with E-state index in [4.69, 9.17) is 17.0 Å². The number of esters is 1. The van der Waals surface area contributed by atoms with Crippen molar-refractivity contribution in [2.24, 2.45) is 10.8 Å². The third-order valence-electron chi connectivity index (χ3n) is 8.28. The number of phenolic OH excluding ortho intramolecular Hbond substituents is 1. The number of carbonyl (C=O) groups excluding carboxylic acids is 1. The number of thiocarbonyl (C=S) groups is 1. The number of ether oxygens (including phenoxy) is 1. The lowest BCUT2D eigenvalue weighted by atomic mass is 9.62. The van der Waals surface area contributed by atoms with Crippen molar-refractivity contribution in [1.82, 2.24) is 0 Å². The second-order valence-electron chi connectivity index (χ2n) is 10.9. The molecule has 5 nitrogen and oxygen atoms in total. The fourth-order valence-corrected chi connectivity index (χ4v) is 6.34. The fourth-order valence-electron chi connectivity index (χ4n) is 5.03. The SMILES string of the molecule is CCC1(OC(=O)C(C)(CC(CSC(=S)c2ccccc2)c2ccc(O)cc2)C(C)(C)C(=O)O)CCCC1. The highest BCUT2D eigenvalue weighted by Crippen LogP contribution is 2.50. The number of benzene rings is 2. The molecule has 0 bridgehead atoms. The van der Waals surface area contributed by atoms with Gasteiger partial charge in [0.05, 0.1) is 15.0 Å². The average molecular weight is 543 g/mol. The number of carboxylic acids is 1. The van der Waals surface area contributed by atoms with Crippen LogP contribution in [-0.2, 0) is 14.3 Å². The molecule has 0 amide bonds. The summed E-state index contributed by atoms with van der Waals surface area (Å²) in [4.78, 5) is 26.5. The Labute approximate surface area is 230 Å². The van der Waals surface area contributed by atoms with Crippen molar-refractivity contribution in [3.63, 3.8) is 0 Å². The maximum atomic E-state index is 14.0. The number of hydrogen-bond donors (Lipinski definition) is 2. The van der Waals surface area contributed by atoms with Gasteiger partial charge in [-0.25, -0.2) is 0 Å². The smallest absolute Gasteiger partial charge is 0.313 e. The molecule has 2 aromatic rings. The second-order valence-corrected chi connectivity index (χ2v) is 12.5. The van der Waals surface area contributed by atoms with Gasteiger partial charge in [0.2, 0.25) is 0 Å². The lowest BCUT2D eigenvalue weighted by Gasteiger charge is -2.43. The molecule has 2 unspecified atom stereocenters. The number of phenols is 1. The molecule has 7 heteroatoms. The molecule has 1 aliphatic carbocycles. The Hall–Kier alpha value is -2.38. The number of thioether (sulfide) groups is 1.